The third-order valence-corrected chi connectivity index (χ3v) is 10.3. The summed E-state index contributed by atoms with van der Waals surface area (Å²) in [5.74, 6) is 0. The predicted molar refractivity (Wildman–Crippen MR) is 191 cm³/mol. The molecule has 212 valence electrons. The van der Waals surface area contributed by atoms with Gasteiger partial charge >= 0.3 is 0 Å². The van der Waals surface area contributed by atoms with Crippen molar-refractivity contribution in [3.8, 4) is 48.8 Å². The second kappa shape index (κ2) is 10.7. The number of hydrogen-bond acceptors (Lipinski definition) is 4. The first-order chi connectivity index (χ1) is 22.3. The molecule has 0 bridgehead atoms. The minimum atomic E-state index is 1.15. The minimum Gasteiger partial charge on any atom is -0.309 e. The van der Waals surface area contributed by atoms with E-state index in [1.807, 2.05) is 23.4 Å². The molecule has 0 amide bonds. The Balaban J connectivity index is 1.28. The quantitative estimate of drug-likeness (QED) is 0.194. The molecule has 0 unspecified atom stereocenters. The molecule has 9 aromatic rings. The average molecular weight is 612 g/mol. The van der Waals surface area contributed by atoms with Crippen LogP contribution in [0.15, 0.2) is 151 Å². The summed E-state index contributed by atoms with van der Waals surface area (Å²) in [4.78, 5) is 10.9. The number of benzene rings is 6. The van der Waals surface area contributed by atoms with Gasteiger partial charge in [-0.15, -0.1) is 22.7 Å². The van der Waals surface area contributed by atoms with Crippen molar-refractivity contribution in [2.45, 2.75) is 0 Å². The molecule has 0 aliphatic heterocycles. The van der Waals surface area contributed by atoms with Crippen molar-refractivity contribution in [1.29, 1.82) is 0 Å². The van der Waals surface area contributed by atoms with E-state index in [1.165, 1.54) is 75.7 Å². The van der Waals surface area contributed by atoms with Crippen molar-refractivity contribution >= 4 is 55.3 Å². The number of fused-ring (bicyclic) bond motifs is 5. The van der Waals surface area contributed by atoms with Crippen LogP contribution < -0.4 is 0 Å². The van der Waals surface area contributed by atoms with Gasteiger partial charge in [0.25, 0.3) is 0 Å². The lowest BCUT2D eigenvalue weighted by Gasteiger charge is -2.12. The van der Waals surface area contributed by atoms with E-state index in [-0.39, 0.29) is 0 Å². The Morgan fingerprint density at radius 3 is 1.67 bits per heavy atom. The lowest BCUT2D eigenvalue weighted by Crippen LogP contribution is -1.94. The van der Waals surface area contributed by atoms with E-state index in [9.17, 15) is 0 Å². The van der Waals surface area contributed by atoms with Gasteiger partial charge in [0.1, 0.15) is 0 Å². The summed E-state index contributed by atoms with van der Waals surface area (Å²) < 4.78 is 2.43. The lowest BCUT2D eigenvalue weighted by molar-refractivity contribution is 1.18. The van der Waals surface area contributed by atoms with Crippen molar-refractivity contribution in [1.82, 2.24) is 14.5 Å². The topological polar surface area (TPSA) is 30.7 Å². The molecule has 0 aliphatic rings. The Labute approximate surface area is 268 Å². The molecule has 6 aromatic carbocycles. The van der Waals surface area contributed by atoms with E-state index in [2.05, 4.69) is 142 Å². The highest BCUT2D eigenvalue weighted by Crippen LogP contribution is 2.43. The summed E-state index contributed by atoms with van der Waals surface area (Å²) in [6, 6.07) is 46.6. The van der Waals surface area contributed by atoms with Gasteiger partial charge in [0.05, 0.1) is 31.8 Å². The van der Waals surface area contributed by atoms with Crippen molar-refractivity contribution < 1.29 is 0 Å². The molecule has 0 spiro atoms. The zero-order valence-electron chi connectivity index (χ0n) is 24.1. The monoisotopic (exact) mass is 611 g/mol. The normalized spacial score (nSPS) is 11.6. The first kappa shape index (κ1) is 26.1. The Morgan fingerprint density at radius 2 is 1.02 bits per heavy atom. The maximum absolute atomic E-state index is 4.27. The van der Waals surface area contributed by atoms with Gasteiger partial charge < -0.3 is 4.57 Å². The first-order valence-corrected chi connectivity index (χ1v) is 16.6. The van der Waals surface area contributed by atoms with Crippen molar-refractivity contribution in [2.24, 2.45) is 0 Å². The fourth-order valence-corrected chi connectivity index (χ4v) is 7.77. The van der Waals surface area contributed by atoms with Crippen LogP contribution >= 0.6 is 22.7 Å². The molecule has 0 fully saturated rings. The van der Waals surface area contributed by atoms with Gasteiger partial charge in [0.2, 0.25) is 0 Å². The molecule has 3 heterocycles. The fraction of sp³-hybridized carbons (Fsp3) is 0. The minimum absolute atomic E-state index is 1.15. The molecule has 5 heteroatoms. The lowest BCUT2D eigenvalue weighted by atomic mass is 9.94. The van der Waals surface area contributed by atoms with Crippen LogP contribution in [0.4, 0.5) is 0 Å². The SMILES string of the molecule is c1ccc(-n2c3cc(-c4ccc(-c5cncs5)cc4)ccc3c3c4ccccc4c(-c4ccc(-c5cncs5)cc4)cc32)cc1. The van der Waals surface area contributed by atoms with Gasteiger partial charge in [0, 0.05) is 28.9 Å². The van der Waals surface area contributed by atoms with Crippen LogP contribution in [0.1, 0.15) is 0 Å². The Morgan fingerprint density at radius 1 is 0.444 bits per heavy atom. The second-order valence-electron chi connectivity index (χ2n) is 11.2. The molecule has 3 aromatic heterocycles. The summed E-state index contributed by atoms with van der Waals surface area (Å²) in [5.41, 5.74) is 14.5. The molecule has 45 heavy (non-hydrogen) atoms. The summed E-state index contributed by atoms with van der Waals surface area (Å²) >= 11 is 3.33. The van der Waals surface area contributed by atoms with E-state index in [4.69, 9.17) is 0 Å². The molecule has 9 rings (SSSR count). The summed E-state index contributed by atoms with van der Waals surface area (Å²) in [6.45, 7) is 0. The van der Waals surface area contributed by atoms with Crippen molar-refractivity contribution in [3.05, 3.63) is 151 Å². The smallest absolute Gasteiger partial charge is 0.0797 e. The first-order valence-electron chi connectivity index (χ1n) is 14.9. The number of aromatic nitrogens is 3. The number of rotatable bonds is 5. The fourth-order valence-electron chi connectivity index (χ4n) is 6.51. The third-order valence-electron chi connectivity index (χ3n) is 8.63. The highest BCUT2D eigenvalue weighted by molar-refractivity contribution is 7.13. The summed E-state index contributed by atoms with van der Waals surface area (Å²) in [6.07, 6.45) is 3.86. The van der Waals surface area contributed by atoms with Gasteiger partial charge in [-0.25, -0.2) is 0 Å². The van der Waals surface area contributed by atoms with Crippen LogP contribution in [0.2, 0.25) is 0 Å². The Hall–Kier alpha value is -5.36. The van der Waals surface area contributed by atoms with E-state index < -0.39 is 0 Å². The van der Waals surface area contributed by atoms with E-state index in [1.54, 1.807) is 22.7 Å². The van der Waals surface area contributed by atoms with E-state index >= 15 is 0 Å². The van der Waals surface area contributed by atoms with Crippen LogP contribution in [0, 0.1) is 0 Å². The van der Waals surface area contributed by atoms with Gasteiger partial charge in [-0.2, -0.15) is 0 Å². The highest BCUT2D eigenvalue weighted by Gasteiger charge is 2.19. The Kier molecular flexibility index (Phi) is 6.18. The largest absolute Gasteiger partial charge is 0.309 e. The van der Waals surface area contributed by atoms with Crippen molar-refractivity contribution in [2.75, 3.05) is 0 Å². The molecule has 0 radical (unpaired) electrons. The number of para-hydroxylation sites is 1. The standard InChI is InChI=1S/C40H25N3S2/c1-2-6-31(7-3-1)43-36-20-30(26-10-14-28(15-11-26)38-22-41-24-44-38)18-19-34(36)40-33-9-5-4-8-32(33)35(21-37(40)43)27-12-16-29(17-13-27)39-23-42-25-45-39/h1-25H. The highest BCUT2D eigenvalue weighted by atomic mass is 32.1. The van der Waals surface area contributed by atoms with E-state index in [0.29, 0.717) is 0 Å². The van der Waals surface area contributed by atoms with E-state index in [0.717, 1.165) is 5.69 Å². The van der Waals surface area contributed by atoms with Crippen LogP contribution in [-0.4, -0.2) is 14.5 Å². The summed E-state index contributed by atoms with van der Waals surface area (Å²) in [7, 11) is 0. The van der Waals surface area contributed by atoms with Gasteiger partial charge in [0.15, 0.2) is 0 Å². The molecule has 0 saturated carbocycles. The predicted octanol–water partition coefficient (Wildman–Crippen LogP) is 11.5. The number of nitrogens with zero attached hydrogens (tertiary/aromatic N) is 3. The Bertz CT molecular complexity index is 2440. The maximum Gasteiger partial charge on any atom is 0.0797 e. The van der Waals surface area contributed by atoms with Crippen LogP contribution in [-0.2, 0) is 0 Å². The zero-order valence-corrected chi connectivity index (χ0v) is 25.7. The van der Waals surface area contributed by atoms with Gasteiger partial charge in [-0.3, -0.25) is 9.97 Å². The molecular weight excluding hydrogens is 587 g/mol. The van der Waals surface area contributed by atoms with Crippen LogP contribution in [0.5, 0.6) is 0 Å². The van der Waals surface area contributed by atoms with Gasteiger partial charge in [-0.1, -0.05) is 103 Å². The number of hydrogen-bond donors (Lipinski definition) is 0. The second-order valence-corrected chi connectivity index (χ2v) is 12.9. The average Bonchev–Trinajstić information content (AvgIpc) is 3.90. The van der Waals surface area contributed by atoms with Gasteiger partial charge in [-0.05, 0) is 68.4 Å². The summed E-state index contributed by atoms with van der Waals surface area (Å²) in [5, 5.41) is 5.05. The molecular formula is C40H25N3S2. The zero-order chi connectivity index (χ0) is 29.7. The molecule has 0 aliphatic carbocycles. The third kappa shape index (κ3) is 4.40. The maximum atomic E-state index is 4.27. The van der Waals surface area contributed by atoms with Crippen LogP contribution in [0.3, 0.4) is 0 Å². The number of thiazole rings is 2. The molecule has 0 saturated heterocycles. The molecule has 3 nitrogen and oxygen atoms in total. The van der Waals surface area contributed by atoms with Crippen LogP contribution in [0.25, 0.3) is 81.4 Å². The molecule has 0 atom stereocenters. The van der Waals surface area contributed by atoms with Crippen molar-refractivity contribution in [3.63, 3.8) is 0 Å². The molecule has 0 N–H and O–H groups in total.